The zero-order chi connectivity index (χ0) is 23.5. The third-order valence-corrected chi connectivity index (χ3v) is 6.27. The van der Waals surface area contributed by atoms with Gasteiger partial charge < -0.3 is 9.84 Å². The molecule has 170 valence electrons. The van der Waals surface area contributed by atoms with Crippen molar-refractivity contribution in [3.8, 4) is 16.2 Å². The first kappa shape index (κ1) is 22.6. The average Bonchev–Trinajstić information content (AvgIpc) is 3.33. The zero-order valence-electron chi connectivity index (χ0n) is 18.8. The minimum absolute atomic E-state index is 0.158. The number of fused-ring (bicyclic) bond motifs is 1. The second kappa shape index (κ2) is 9.50. The van der Waals surface area contributed by atoms with Gasteiger partial charge in [-0.15, -0.1) is 11.3 Å². The zero-order valence-corrected chi connectivity index (χ0v) is 19.6. The molecule has 0 fully saturated rings. The Hall–Kier alpha value is -3.58. The predicted molar refractivity (Wildman–Crippen MR) is 134 cm³/mol. The van der Waals surface area contributed by atoms with Crippen molar-refractivity contribution in [3.63, 3.8) is 0 Å². The van der Waals surface area contributed by atoms with Crippen molar-refractivity contribution >= 4 is 34.0 Å². The van der Waals surface area contributed by atoms with Crippen molar-refractivity contribution in [2.75, 3.05) is 11.9 Å². The van der Waals surface area contributed by atoms with Gasteiger partial charge in [0.25, 0.3) is 5.56 Å². The summed E-state index contributed by atoms with van der Waals surface area (Å²) in [6.07, 6.45) is -1.12. The molecule has 0 spiro atoms. The highest BCUT2D eigenvalue weighted by Crippen LogP contribution is 2.39. The normalized spacial score (nSPS) is 11.2. The number of ether oxygens (including phenoxy) is 1. The smallest absolute Gasteiger partial charge is 0.412 e. The molecule has 2 aromatic heterocycles. The fourth-order valence-corrected chi connectivity index (χ4v) is 4.66. The average molecular weight is 463 g/mol. The van der Waals surface area contributed by atoms with Gasteiger partial charge in [0, 0.05) is 34.8 Å². The Balaban J connectivity index is 1.95. The third-order valence-electron chi connectivity index (χ3n) is 5.38. The summed E-state index contributed by atoms with van der Waals surface area (Å²) in [6.45, 7) is 4.82. The molecule has 4 rings (SSSR count). The first-order valence-electron chi connectivity index (χ1n) is 10.7. The number of amides is 1. The van der Waals surface area contributed by atoms with Crippen LogP contribution in [-0.2, 0) is 13.2 Å². The fourth-order valence-electron chi connectivity index (χ4n) is 3.88. The van der Waals surface area contributed by atoms with E-state index in [1.807, 2.05) is 67.8 Å². The number of carbonyl (C=O) groups is 1. The molecule has 0 aliphatic rings. The largest absolute Gasteiger partial charge is 0.489 e. The van der Waals surface area contributed by atoms with Crippen LogP contribution in [0.3, 0.4) is 0 Å². The monoisotopic (exact) mass is 462 g/mol. The van der Waals surface area contributed by atoms with Gasteiger partial charge in [-0.05, 0) is 41.1 Å². The number of anilines is 1. The topological polar surface area (TPSA) is 71.8 Å². The van der Waals surface area contributed by atoms with E-state index in [0.29, 0.717) is 35.5 Å². The van der Waals surface area contributed by atoms with Crippen LogP contribution in [0.4, 0.5) is 10.6 Å². The molecule has 0 unspecified atom stereocenters. The van der Waals surface area contributed by atoms with Crippen LogP contribution in [0, 0.1) is 5.92 Å². The highest BCUT2D eigenvalue weighted by molar-refractivity contribution is 7.13. The lowest BCUT2D eigenvalue weighted by molar-refractivity contribution is 0.203. The van der Waals surface area contributed by atoms with E-state index in [1.54, 1.807) is 16.7 Å². The molecule has 1 N–H and O–H groups in total. The van der Waals surface area contributed by atoms with E-state index in [0.717, 1.165) is 20.9 Å². The van der Waals surface area contributed by atoms with Crippen molar-refractivity contribution in [1.29, 1.82) is 0 Å². The molecule has 6 nitrogen and oxygen atoms in total. The SMILES string of the molecule is CC(C)Cn1c(N(C)C(=O)O)c(-c2cccs2)c2cc(OCc3ccccc3)ccc2c1=O. The van der Waals surface area contributed by atoms with E-state index < -0.39 is 6.09 Å². The van der Waals surface area contributed by atoms with Crippen molar-refractivity contribution in [3.05, 3.63) is 82.0 Å². The van der Waals surface area contributed by atoms with Crippen LogP contribution >= 0.6 is 11.3 Å². The van der Waals surface area contributed by atoms with Crippen LogP contribution in [0.5, 0.6) is 5.75 Å². The number of pyridine rings is 1. The maximum absolute atomic E-state index is 13.5. The number of rotatable bonds is 7. The summed E-state index contributed by atoms with van der Waals surface area (Å²) in [4.78, 5) is 27.6. The number of hydrogen-bond donors (Lipinski definition) is 1. The lowest BCUT2D eigenvalue weighted by atomic mass is 10.0. The third kappa shape index (κ3) is 4.64. The standard InChI is InChI=1S/C26H26N2O4S/c1-17(2)15-28-24(27(3)26(30)31)23(22-10-7-13-33-22)21-14-19(11-12-20(21)25(28)29)32-16-18-8-5-4-6-9-18/h4-14,17H,15-16H2,1-3H3,(H,30,31). The highest BCUT2D eigenvalue weighted by Gasteiger charge is 2.25. The number of thiophene rings is 1. The summed E-state index contributed by atoms with van der Waals surface area (Å²) in [5, 5.41) is 13.0. The molecule has 7 heteroatoms. The van der Waals surface area contributed by atoms with Crippen molar-refractivity contribution in [2.24, 2.45) is 5.92 Å². The molecule has 33 heavy (non-hydrogen) atoms. The summed E-state index contributed by atoms with van der Waals surface area (Å²) >= 11 is 1.51. The Morgan fingerprint density at radius 3 is 2.48 bits per heavy atom. The van der Waals surface area contributed by atoms with Crippen molar-refractivity contribution in [1.82, 2.24) is 4.57 Å². The van der Waals surface area contributed by atoms with E-state index in [4.69, 9.17) is 4.74 Å². The number of carboxylic acid groups (broad SMARTS) is 1. The van der Waals surface area contributed by atoms with E-state index >= 15 is 0 Å². The van der Waals surface area contributed by atoms with Gasteiger partial charge in [0.1, 0.15) is 18.2 Å². The Bertz CT molecular complexity index is 1330. The quantitative estimate of drug-likeness (QED) is 0.361. The second-order valence-electron chi connectivity index (χ2n) is 8.31. The van der Waals surface area contributed by atoms with Crippen LogP contribution in [0.25, 0.3) is 21.2 Å². The van der Waals surface area contributed by atoms with Crippen LogP contribution in [-0.4, -0.2) is 22.8 Å². The van der Waals surface area contributed by atoms with Gasteiger partial charge in [-0.2, -0.15) is 0 Å². The Morgan fingerprint density at radius 1 is 1.09 bits per heavy atom. The van der Waals surface area contributed by atoms with E-state index in [2.05, 4.69) is 0 Å². The van der Waals surface area contributed by atoms with Gasteiger partial charge in [-0.1, -0.05) is 50.2 Å². The van der Waals surface area contributed by atoms with Crippen molar-refractivity contribution in [2.45, 2.75) is 27.0 Å². The highest BCUT2D eigenvalue weighted by atomic mass is 32.1. The van der Waals surface area contributed by atoms with E-state index in [9.17, 15) is 14.7 Å². The Kier molecular flexibility index (Phi) is 6.51. The first-order valence-corrected chi connectivity index (χ1v) is 11.6. The van der Waals surface area contributed by atoms with Gasteiger partial charge in [-0.25, -0.2) is 4.79 Å². The molecule has 0 aliphatic carbocycles. The van der Waals surface area contributed by atoms with E-state index in [1.165, 1.54) is 18.4 Å². The van der Waals surface area contributed by atoms with Crippen LogP contribution in [0.2, 0.25) is 0 Å². The van der Waals surface area contributed by atoms with Gasteiger partial charge in [0.15, 0.2) is 0 Å². The van der Waals surface area contributed by atoms with Crippen molar-refractivity contribution < 1.29 is 14.6 Å². The summed E-state index contributed by atoms with van der Waals surface area (Å²) in [6, 6.07) is 19.1. The molecule has 2 aromatic carbocycles. The number of aromatic nitrogens is 1. The van der Waals surface area contributed by atoms with Gasteiger partial charge in [-0.3, -0.25) is 14.3 Å². The molecule has 2 heterocycles. The summed E-state index contributed by atoms with van der Waals surface area (Å²) < 4.78 is 7.60. The lowest BCUT2D eigenvalue weighted by Gasteiger charge is -2.25. The molecular formula is C26H26N2O4S. The van der Waals surface area contributed by atoms with Crippen LogP contribution < -0.4 is 15.2 Å². The number of nitrogens with zero attached hydrogens (tertiary/aromatic N) is 2. The summed E-state index contributed by atoms with van der Waals surface area (Å²) in [5.41, 5.74) is 1.54. The molecule has 0 saturated heterocycles. The minimum atomic E-state index is -1.12. The number of hydrogen-bond acceptors (Lipinski definition) is 4. The van der Waals surface area contributed by atoms with Crippen LogP contribution in [0.15, 0.2) is 70.8 Å². The molecule has 0 saturated carbocycles. The molecule has 0 aliphatic heterocycles. The Labute approximate surface area is 196 Å². The second-order valence-corrected chi connectivity index (χ2v) is 9.26. The molecule has 0 bridgehead atoms. The fraction of sp³-hybridized carbons (Fsp3) is 0.231. The number of benzene rings is 2. The summed E-state index contributed by atoms with van der Waals surface area (Å²) in [5.74, 6) is 1.15. The lowest BCUT2D eigenvalue weighted by Crippen LogP contribution is -2.34. The molecule has 0 radical (unpaired) electrons. The van der Waals surface area contributed by atoms with Gasteiger partial charge in [0.2, 0.25) is 0 Å². The molecule has 4 aromatic rings. The summed E-state index contributed by atoms with van der Waals surface area (Å²) in [7, 11) is 1.48. The van der Waals surface area contributed by atoms with Gasteiger partial charge >= 0.3 is 6.09 Å². The van der Waals surface area contributed by atoms with E-state index in [-0.39, 0.29) is 11.5 Å². The first-order chi connectivity index (χ1) is 15.9. The maximum atomic E-state index is 13.5. The molecular weight excluding hydrogens is 436 g/mol. The predicted octanol–water partition coefficient (Wildman–Crippen LogP) is 6.08. The van der Waals surface area contributed by atoms with Gasteiger partial charge in [0.05, 0.1) is 0 Å². The minimum Gasteiger partial charge on any atom is -0.489 e. The Morgan fingerprint density at radius 2 is 1.85 bits per heavy atom. The maximum Gasteiger partial charge on any atom is 0.412 e. The van der Waals surface area contributed by atoms with Crippen LogP contribution in [0.1, 0.15) is 19.4 Å². The molecule has 0 atom stereocenters. The molecule has 1 amide bonds.